The molecule has 148 valence electrons. The number of aryl methyl sites for hydroxylation is 1. The monoisotopic (exact) mass is 383 g/mol. The number of benzene rings is 2. The molecule has 2 aromatic rings. The van der Waals surface area contributed by atoms with Crippen LogP contribution in [0.1, 0.15) is 19.4 Å². The third kappa shape index (κ3) is 4.01. The van der Waals surface area contributed by atoms with Crippen LogP contribution in [0.2, 0.25) is 0 Å². The Bertz CT molecular complexity index is 874. The van der Waals surface area contributed by atoms with Gasteiger partial charge in [0.15, 0.2) is 0 Å². The fourth-order valence-corrected chi connectivity index (χ4v) is 3.34. The summed E-state index contributed by atoms with van der Waals surface area (Å²) in [5, 5.41) is 2.87. The van der Waals surface area contributed by atoms with Crippen molar-refractivity contribution in [1.82, 2.24) is 4.90 Å². The molecule has 28 heavy (non-hydrogen) atoms. The number of nitrogens with zero attached hydrogens (tertiary/aromatic N) is 2. The highest BCUT2D eigenvalue weighted by atomic mass is 19.1. The number of anilines is 2. The molecule has 1 saturated heterocycles. The van der Waals surface area contributed by atoms with E-state index in [1.807, 2.05) is 36.1 Å². The molecular weight excluding hydrogens is 357 g/mol. The van der Waals surface area contributed by atoms with Crippen LogP contribution in [-0.4, -0.2) is 42.9 Å². The van der Waals surface area contributed by atoms with E-state index in [-0.39, 0.29) is 17.6 Å². The second kappa shape index (κ2) is 8.00. The van der Waals surface area contributed by atoms with E-state index in [1.54, 1.807) is 36.9 Å². The fourth-order valence-electron chi connectivity index (χ4n) is 3.34. The Morgan fingerprint density at radius 2 is 1.57 bits per heavy atom. The minimum atomic E-state index is -1.19. The number of piperazine rings is 1. The van der Waals surface area contributed by atoms with Crippen LogP contribution >= 0.6 is 0 Å². The van der Waals surface area contributed by atoms with Gasteiger partial charge in [-0.05, 0) is 44.5 Å². The molecule has 1 N–H and O–H groups in total. The van der Waals surface area contributed by atoms with E-state index in [0.717, 1.165) is 5.56 Å². The van der Waals surface area contributed by atoms with Crippen molar-refractivity contribution in [3.8, 4) is 0 Å². The smallest absolute Gasteiger partial charge is 0.239 e. The highest BCUT2D eigenvalue weighted by Gasteiger charge is 2.40. The minimum Gasteiger partial charge on any atom is -0.366 e. The first-order chi connectivity index (χ1) is 13.3. The average molecular weight is 383 g/mol. The van der Waals surface area contributed by atoms with Crippen LogP contribution in [-0.2, 0) is 9.59 Å². The number of rotatable bonds is 4. The molecule has 0 radical (unpaired) electrons. The molecule has 0 atom stereocenters. The molecule has 2 amide bonds. The Labute approximate surface area is 165 Å². The van der Waals surface area contributed by atoms with Gasteiger partial charge in [0.05, 0.1) is 5.69 Å². The van der Waals surface area contributed by atoms with Gasteiger partial charge in [-0.3, -0.25) is 9.59 Å². The van der Waals surface area contributed by atoms with Gasteiger partial charge in [0.25, 0.3) is 0 Å². The molecule has 0 unspecified atom stereocenters. The van der Waals surface area contributed by atoms with Gasteiger partial charge in [0.1, 0.15) is 11.2 Å². The molecule has 1 aliphatic rings. The number of hydrogen-bond donors (Lipinski definition) is 1. The standard InChI is InChI=1S/C22H26FN3O2/c1-16-8-4-6-10-18(16)24-20(27)22(2,3)21(28)26-14-12-25(13-15-26)19-11-7-5-9-17(19)23/h4-11H,12-15H2,1-3H3,(H,24,27). The zero-order chi connectivity index (χ0) is 20.3. The van der Waals surface area contributed by atoms with E-state index in [0.29, 0.717) is 37.6 Å². The van der Waals surface area contributed by atoms with E-state index in [4.69, 9.17) is 0 Å². The third-order valence-electron chi connectivity index (χ3n) is 5.26. The zero-order valence-electron chi connectivity index (χ0n) is 16.5. The highest BCUT2D eigenvalue weighted by Crippen LogP contribution is 2.26. The van der Waals surface area contributed by atoms with Crippen LogP contribution in [0.25, 0.3) is 0 Å². The number of amides is 2. The van der Waals surface area contributed by atoms with Crippen molar-refractivity contribution >= 4 is 23.2 Å². The van der Waals surface area contributed by atoms with Gasteiger partial charge in [0, 0.05) is 31.9 Å². The van der Waals surface area contributed by atoms with E-state index >= 15 is 0 Å². The predicted octanol–water partition coefficient (Wildman–Crippen LogP) is 3.45. The normalized spacial score (nSPS) is 14.7. The summed E-state index contributed by atoms with van der Waals surface area (Å²) in [7, 11) is 0. The first-order valence-corrected chi connectivity index (χ1v) is 9.46. The summed E-state index contributed by atoms with van der Waals surface area (Å²) in [4.78, 5) is 29.4. The Morgan fingerprint density at radius 1 is 0.964 bits per heavy atom. The van der Waals surface area contributed by atoms with Crippen LogP contribution in [0, 0.1) is 18.2 Å². The first kappa shape index (κ1) is 19.9. The van der Waals surface area contributed by atoms with Gasteiger partial charge in [-0.2, -0.15) is 0 Å². The number of nitrogens with one attached hydrogen (secondary N) is 1. The van der Waals surface area contributed by atoms with Crippen molar-refractivity contribution < 1.29 is 14.0 Å². The topological polar surface area (TPSA) is 52.7 Å². The second-order valence-corrected chi connectivity index (χ2v) is 7.62. The summed E-state index contributed by atoms with van der Waals surface area (Å²) in [6.45, 7) is 7.16. The van der Waals surface area contributed by atoms with Crippen molar-refractivity contribution in [2.75, 3.05) is 36.4 Å². The molecule has 0 aromatic heterocycles. The molecule has 0 bridgehead atoms. The molecule has 6 heteroatoms. The summed E-state index contributed by atoms with van der Waals surface area (Å²) in [5.41, 5.74) is 1.00. The maximum absolute atomic E-state index is 14.0. The van der Waals surface area contributed by atoms with Crippen molar-refractivity contribution in [2.45, 2.75) is 20.8 Å². The number of halogens is 1. The van der Waals surface area contributed by atoms with Gasteiger partial charge in [0.2, 0.25) is 11.8 Å². The number of para-hydroxylation sites is 2. The zero-order valence-corrected chi connectivity index (χ0v) is 16.5. The summed E-state index contributed by atoms with van der Waals surface area (Å²) < 4.78 is 14.0. The van der Waals surface area contributed by atoms with E-state index in [9.17, 15) is 14.0 Å². The van der Waals surface area contributed by atoms with Crippen molar-refractivity contribution in [2.24, 2.45) is 5.41 Å². The van der Waals surface area contributed by atoms with E-state index in [1.165, 1.54) is 6.07 Å². The van der Waals surface area contributed by atoms with Crippen molar-refractivity contribution in [3.05, 3.63) is 59.9 Å². The molecule has 2 aromatic carbocycles. The van der Waals surface area contributed by atoms with Crippen molar-refractivity contribution in [1.29, 1.82) is 0 Å². The lowest BCUT2D eigenvalue weighted by Crippen LogP contribution is -2.54. The maximum atomic E-state index is 14.0. The minimum absolute atomic E-state index is 0.216. The molecule has 0 aliphatic carbocycles. The molecule has 1 fully saturated rings. The van der Waals surface area contributed by atoms with Crippen LogP contribution in [0.15, 0.2) is 48.5 Å². The molecule has 0 saturated carbocycles. The lowest BCUT2D eigenvalue weighted by molar-refractivity contribution is -0.146. The van der Waals surface area contributed by atoms with Crippen LogP contribution in [0.3, 0.4) is 0 Å². The molecule has 1 heterocycles. The predicted molar refractivity (Wildman–Crippen MR) is 109 cm³/mol. The molecule has 1 aliphatic heterocycles. The van der Waals surface area contributed by atoms with Gasteiger partial charge < -0.3 is 15.1 Å². The quantitative estimate of drug-likeness (QED) is 0.823. The fraction of sp³-hybridized carbons (Fsp3) is 0.364. The molecular formula is C22H26FN3O2. The summed E-state index contributed by atoms with van der Waals surface area (Å²) in [5.74, 6) is -0.810. The first-order valence-electron chi connectivity index (χ1n) is 9.46. The lowest BCUT2D eigenvalue weighted by atomic mass is 9.89. The van der Waals surface area contributed by atoms with Crippen LogP contribution < -0.4 is 10.2 Å². The van der Waals surface area contributed by atoms with Crippen LogP contribution in [0.5, 0.6) is 0 Å². The number of carbonyl (C=O) groups excluding carboxylic acids is 2. The third-order valence-corrected chi connectivity index (χ3v) is 5.26. The Balaban J connectivity index is 1.64. The van der Waals surface area contributed by atoms with Gasteiger partial charge >= 0.3 is 0 Å². The largest absolute Gasteiger partial charge is 0.366 e. The molecule has 5 nitrogen and oxygen atoms in total. The van der Waals surface area contributed by atoms with Gasteiger partial charge in [-0.15, -0.1) is 0 Å². The summed E-state index contributed by atoms with van der Waals surface area (Å²) in [6, 6.07) is 14.1. The van der Waals surface area contributed by atoms with Gasteiger partial charge in [-0.1, -0.05) is 30.3 Å². The molecule has 0 spiro atoms. The Hall–Kier alpha value is -2.89. The number of carbonyl (C=O) groups is 2. The van der Waals surface area contributed by atoms with E-state index in [2.05, 4.69) is 5.32 Å². The summed E-state index contributed by atoms with van der Waals surface area (Å²) >= 11 is 0. The maximum Gasteiger partial charge on any atom is 0.239 e. The molecule has 3 rings (SSSR count). The summed E-state index contributed by atoms with van der Waals surface area (Å²) in [6.07, 6.45) is 0. The average Bonchev–Trinajstić information content (AvgIpc) is 2.69. The van der Waals surface area contributed by atoms with Gasteiger partial charge in [-0.25, -0.2) is 4.39 Å². The van der Waals surface area contributed by atoms with Crippen LogP contribution in [0.4, 0.5) is 15.8 Å². The SMILES string of the molecule is Cc1ccccc1NC(=O)C(C)(C)C(=O)N1CCN(c2ccccc2F)CC1. The lowest BCUT2D eigenvalue weighted by Gasteiger charge is -2.39. The Morgan fingerprint density at radius 3 is 2.21 bits per heavy atom. The van der Waals surface area contributed by atoms with E-state index < -0.39 is 5.41 Å². The second-order valence-electron chi connectivity index (χ2n) is 7.62. The Kier molecular flexibility index (Phi) is 5.68. The highest BCUT2D eigenvalue weighted by molar-refractivity contribution is 6.10. The van der Waals surface area contributed by atoms with Crippen molar-refractivity contribution in [3.63, 3.8) is 0 Å². The number of hydrogen-bond acceptors (Lipinski definition) is 3.